The van der Waals surface area contributed by atoms with Gasteiger partial charge in [0.1, 0.15) is 17.2 Å². The topological polar surface area (TPSA) is 93.3 Å². The van der Waals surface area contributed by atoms with Gasteiger partial charge in [0.05, 0.1) is 6.61 Å². The van der Waals surface area contributed by atoms with E-state index in [2.05, 4.69) is 29.7 Å². The molecule has 128 valence electrons. The fourth-order valence-corrected chi connectivity index (χ4v) is 2.85. The molecule has 0 unspecified atom stereocenters. The number of nitrogen functional groups attached to an aromatic ring is 1. The standard InChI is InChI=1S/C15H20ClN7O/c1-2-24-11-4-5-18-15(21-11)23-7-3-6-22(8-9-23)14-12(16)13(17)19-10-20-14/h4-5,10H,2-3,6-9H2,1H3,(H2,17,19,20). The monoisotopic (exact) mass is 349 g/mol. The fraction of sp³-hybridized carbons (Fsp3) is 0.467. The number of hydrogen-bond donors (Lipinski definition) is 1. The molecule has 0 atom stereocenters. The van der Waals surface area contributed by atoms with E-state index < -0.39 is 0 Å². The van der Waals surface area contributed by atoms with Gasteiger partial charge in [0.25, 0.3) is 0 Å². The second kappa shape index (κ2) is 7.48. The fourth-order valence-electron chi connectivity index (χ4n) is 2.64. The van der Waals surface area contributed by atoms with Crippen molar-refractivity contribution < 1.29 is 4.74 Å². The Morgan fingerprint density at radius 2 is 1.96 bits per heavy atom. The van der Waals surface area contributed by atoms with E-state index in [0.29, 0.717) is 35.1 Å². The summed E-state index contributed by atoms with van der Waals surface area (Å²) in [4.78, 5) is 21.3. The SMILES string of the molecule is CCOc1ccnc(N2CCCN(c3ncnc(N)c3Cl)CC2)n1. The van der Waals surface area contributed by atoms with Crippen LogP contribution < -0.4 is 20.3 Å². The van der Waals surface area contributed by atoms with Crippen molar-refractivity contribution in [3.63, 3.8) is 0 Å². The van der Waals surface area contributed by atoms with Crippen LogP contribution in [-0.4, -0.2) is 52.7 Å². The summed E-state index contributed by atoms with van der Waals surface area (Å²) < 4.78 is 5.45. The zero-order valence-corrected chi connectivity index (χ0v) is 14.3. The van der Waals surface area contributed by atoms with Crippen LogP contribution in [0.5, 0.6) is 5.88 Å². The molecule has 2 aromatic rings. The first kappa shape index (κ1) is 16.5. The van der Waals surface area contributed by atoms with Crippen molar-refractivity contribution in [1.29, 1.82) is 0 Å². The predicted octanol–water partition coefficient (Wildman–Crippen LogP) is 1.62. The van der Waals surface area contributed by atoms with Gasteiger partial charge < -0.3 is 20.3 Å². The molecule has 3 heterocycles. The second-order valence-electron chi connectivity index (χ2n) is 5.35. The number of halogens is 1. The van der Waals surface area contributed by atoms with Gasteiger partial charge in [-0.15, -0.1) is 0 Å². The molecule has 0 bridgehead atoms. The molecule has 8 nitrogen and oxygen atoms in total. The Morgan fingerprint density at radius 1 is 1.17 bits per heavy atom. The maximum atomic E-state index is 6.24. The van der Waals surface area contributed by atoms with Crippen LogP contribution in [0.15, 0.2) is 18.6 Å². The molecule has 0 radical (unpaired) electrons. The van der Waals surface area contributed by atoms with E-state index in [0.717, 1.165) is 32.6 Å². The highest BCUT2D eigenvalue weighted by Gasteiger charge is 2.21. The number of anilines is 3. The molecule has 3 rings (SSSR count). The van der Waals surface area contributed by atoms with E-state index >= 15 is 0 Å². The summed E-state index contributed by atoms with van der Waals surface area (Å²) in [5.41, 5.74) is 5.78. The van der Waals surface area contributed by atoms with E-state index in [1.807, 2.05) is 6.92 Å². The maximum absolute atomic E-state index is 6.24. The first-order chi connectivity index (χ1) is 11.7. The van der Waals surface area contributed by atoms with Crippen molar-refractivity contribution in [3.05, 3.63) is 23.6 Å². The van der Waals surface area contributed by atoms with Gasteiger partial charge in [-0.1, -0.05) is 11.6 Å². The molecule has 2 N–H and O–H groups in total. The van der Waals surface area contributed by atoms with Crippen LogP contribution in [0, 0.1) is 0 Å². The van der Waals surface area contributed by atoms with Gasteiger partial charge in [0.2, 0.25) is 11.8 Å². The molecule has 1 saturated heterocycles. The Kier molecular flexibility index (Phi) is 5.14. The van der Waals surface area contributed by atoms with Crippen LogP contribution in [-0.2, 0) is 0 Å². The van der Waals surface area contributed by atoms with Gasteiger partial charge in [0.15, 0.2) is 5.82 Å². The minimum atomic E-state index is 0.301. The highest BCUT2D eigenvalue weighted by Crippen LogP contribution is 2.28. The molecule has 2 aromatic heterocycles. The molecule has 0 spiro atoms. The van der Waals surface area contributed by atoms with E-state index in [-0.39, 0.29) is 0 Å². The molecule has 1 fully saturated rings. The van der Waals surface area contributed by atoms with Crippen molar-refractivity contribution in [2.75, 3.05) is 48.3 Å². The molecule has 9 heteroatoms. The average Bonchev–Trinajstić information content (AvgIpc) is 2.84. The number of aromatic nitrogens is 4. The first-order valence-corrected chi connectivity index (χ1v) is 8.28. The molecule has 0 saturated carbocycles. The van der Waals surface area contributed by atoms with Crippen molar-refractivity contribution in [2.45, 2.75) is 13.3 Å². The third-order valence-corrected chi connectivity index (χ3v) is 4.15. The van der Waals surface area contributed by atoms with Crippen molar-refractivity contribution in [1.82, 2.24) is 19.9 Å². The molecule has 0 aliphatic carbocycles. The lowest BCUT2D eigenvalue weighted by Crippen LogP contribution is -2.32. The Morgan fingerprint density at radius 3 is 2.79 bits per heavy atom. The predicted molar refractivity (Wildman–Crippen MR) is 93.7 cm³/mol. The molecule has 0 aromatic carbocycles. The lowest BCUT2D eigenvalue weighted by atomic mass is 10.3. The van der Waals surface area contributed by atoms with Crippen molar-refractivity contribution >= 4 is 29.2 Å². The Labute approximate surface area is 145 Å². The third-order valence-electron chi connectivity index (χ3n) is 3.79. The third kappa shape index (κ3) is 3.59. The summed E-state index contributed by atoms with van der Waals surface area (Å²) in [6.07, 6.45) is 4.09. The normalized spacial score (nSPS) is 15.2. The molecule has 1 aliphatic rings. The highest BCUT2D eigenvalue weighted by molar-refractivity contribution is 6.35. The maximum Gasteiger partial charge on any atom is 0.228 e. The molecular weight excluding hydrogens is 330 g/mol. The number of rotatable bonds is 4. The lowest BCUT2D eigenvalue weighted by molar-refractivity contribution is 0.326. The summed E-state index contributed by atoms with van der Waals surface area (Å²) in [5, 5.41) is 0.403. The van der Waals surface area contributed by atoms with E-state index in [4.69, 9.17) is 22.1 Å². The van der Waals surface area contributed by atoms with E-state index in [9.17, 15) is 0 Å². The van der Waals surface area contributed by atoms with E-state index in [1.165, 1.54) is 6.33 Å². The molecule has 0 amide bonds. The van der Waals surface area contributed by atoms with Gasteiger partial charge in [0, 0.05) is 38.4 Å². The minimum Gasteiger partial charge on any atom is -0.478 e. The first-order valence-electron chi connectivity index (χ1n) is 7.90. The second-order valence-corrected chi connectivity index (χ2v) is 5.73. The summed E-state index contributed by atoms with van der Waals surface area (Å²) in [6, 6.07) is 1.76. The Bertz CT molecular complexity index is 699. The van der Waals surface area contributed by atoms with Crippen LogP contribution in [0.4, 0.5) is 17.6 Å². The largest absolute Gasteiger partial charge is 0.478 e. The van der Waals surface area contributed by atoms with Crippen molar-refractivity contribution in [3.8, 4) is 5.88 Å². The quantitative estimate of drug-likeness (QED) is 0.890. The smallest absolute Gasteiger partial charge is 0.228 e. The number of nitrogens with two attached hydrogens (primary N) is 1. The van der Waals surface area contributed by atoms with Crippen LogP contribution in [0.1, 0.15) is 13.3 Å². The molecular formula is C15H20ClN7O. The molecule has 24 heavy (non-hydrogen) atoms. The van der Waals surface area contributed by atoms with Gasteiger partial charge in [-0.2, -0.15) is 4.98 Å². The summed E-state index contributed by atoms with van der Waals surface area (Å²) in [6.45, 7) is 5.71. The minimum absolute atomic E-state index is 0.301. The zero-order chi connectivity index (χ0) is 16.9. The van der Waals surface area contributed by atoms with Crippen LogP contribution >= 0.6 is 11.6 Å². The summed E-state index contributed by atoms with van der Waals surface area (Å²) in [5.74, 6) is 2.25. The van der Waals surface area contributed by atoms with Gasteiger partial charge in [-0.3, -0.25) is 0 Å². The van der Waals surface area contributed by atoms with Crippen LogP contribution in [0.3, 0.4) is 0 Å². The van der Waals surface area contributed by atoms with Crippen molar-refractivity contribution in [2.24, 2.45) is 0 Å². The van der Waals surface area contributed by atoms with Gasteiger partial charge in [-0.25, -0.2) is 15.0 Å². The molecule has 1 aliphatic heterocycles. The number of hydrogen-bond acceptors (Lipinski definition) is 8. The number of nitrogens with zero attached hydrogens (tertiary/aromatic N) is 6. The van der Waals surface area contributed by atoms with Crippen LogP contribution in [0.25, 0.3) is 0 Å². The van der Waals surface area contributed by atoms with Gasteiger partial charge in [-0.05, 0) is 13.3 Å². The lowest BCUT2D eigenvalue weighted by Gasteiger charge is -2.23. The Balaban J connectivity index is 1.73. The zero-order valence-electron chi connectivity index (χ0n) is 13.5. The Hall–Kier alpha value is -2.35. The van der Waals surface area contributed by atoms with E-state index in [1.54, 1.807) is 12.3 Å². The van der Waals surface area contributed by atoms with Gasteiger partial charge >= 0.3 is 0 Å². The summed E-state index contributed by atoms with van der Waals surface area (Å²) >= 11 is 6.24. The average molecular weight is 350 g/mol. The highest BCUT2D eigenvalue weighted by atomic mass is 35.5. The number of ether oxygens (including phenoxy) is 1. The van der Waals surface area contributed by atoms with Crippen LogP contribution in [0.2, 0.25) is 5.02 Å². The summed E-state index contributed by atoms with van der Waals surface area (Å²) in [7, 11) is 0.